The molecule has 0 heterocycles. The molecule has 5 heteroatoms. The number of hydrogen-bond donors (Lipinski definition) is 0. The van der Waals surface area contributed by atoms with Crippen LogP contribution in [0.25, 0.3) is 0 Å². The van der Waals surface area contributed by atoms with Gasteiger partial charge >= 0.3 is 0 Å². The van der Waals surface area contributed by atoms with Gasteiger partial charge in [0.1, 0.15) is 0 Å². The van der Waals surface area contributed by atoms with E-state index in [4.69, 9.17) is 18.9 Å². The molecule has 2 aromatic rings. The van der Waals surface area contributed by atoms with E-state index in [1.807, 2.05) is 6.07 Å². The van der Waals surface area contributed by atoms with E-state index in [-0.39, 0.29) is 5.41 Å². The van der Waals surface area contributed by atoms with E-state index < -0.39 is 0 Å². The molecule has 0 aliphatic heterocycles. The van der Waals surface area contributed by atoms with Crippen molar-refractivity contribution in [2.75, 3.05) is 48.6 Å². The average Bonchev–Trinajstić information content (AvgIpc) is 2.90. The van der Waals surface area contributed by atoms with Crippen LogP contribution in [0.4, 0.5) is 0 Å². The Hall–Kier alpha value is -2.40. The Labute approximate surface area is 220 Å². The third kappa shape index (κ3) is 7.80. The Kier molecular flexibility index (Phi) is 12.4. The molecule has 0 fully saturated rings. The van der Waals surface area contributed by atoms with E-state index in [0.717, 1.165) is 55.4 Å². The monoisotopic (exact) mass is 499 g/mol. The lowest BCUT2D eigenvalue weighted by Gasteiger charge is -2.40. The van der Waals surface area contributed by atoms with Crippen LogP contribution in [-0.2, 0) is 11.8 Å². The number of rotatable bonds is 17. The minimum absolute atomic E-state index is 0.124. The maximum absolute atomic E-state index is 5.68. The second kappa shape index (κ2) is 15.0. The highest BCUT2D eigenvalue weighted by atomic mass is 16.5. The first kappa shape index (κ1) is 29.8. The lowest BCUT2D eigenvalue weighted by Crippen LogP contribution is -2.34. The zero-order valence-electron chi connectivity index (χ0n) is 24.0. The number of hydrogen-bond acceptors (Lipinski definition) is 5. The minimum Gasteiger partial charge on any atom is -0.493 e. The van der Waals surface area contributed by atoms with Gasteiger partial charge in [0.15, 0.2) is 23.0 Å². The van der Waals surface area contributed by atoms with Crippen molar-refractivity contribution < 1.29 is 18.9 Å². The molecule has 0 N–H and O–H groups in total. The van der Waals surface area contributed by atoms with Crippen LogP contribution in [0.5, 0.6) is 23.0 Å². The molecule has 1 unspecified atom stereocenters. The van der Waals surface area contributed by atoms with Gasteiger partial charge in [-0.2, -0.15) is 0 Å². The fourth-order valence-electron chi connectivity index (χ4n) is 5.29. The van der Waals surface area contributed by atoms with Crippen LogP contribution in [-0.4, -0.2) is 53.5 Å². The van der Waals surface area contributed by atoms with Crippen LogP contribution in [0, 0.1) is 5.92 Å². The molecular formula is C31H49NO4. The van der Waals surface area contributed by atoms with Crippen molar-refractivity contribution >= 4 is 0 Å². The first-order valence-electron chi connectivity index (χ1n) is 13.5. The van der Waals surface area contributed by atoms with Crippen LogP contribution in [0.1, 0.15) is 70.4 Å². The minimum atomic E-state index is 0.124. The van der Waals surface area contributed by atoms with Gasteiger partial charge in [0, 0.05) is 6.54 Å². The zero-order chi connectivity index (χ0) is 26.6. The summed E-state index contributed by atoms with van der Waals surface area (Å²) in [7, 11) is 9.02. The summed E-state index contributed by atoms with van der Waals surface area (Å²) in [4.78, 5) is 2.45. The van der Waals surface area contributed by atoms with Crippen LogP contribution in [0.15, 0.2) is 36.4 Å². The van der Waals surface area contributed by atoms with Crippen molar-refractivity contribution in [2.24, 2.45) is 5.92 Å². The van der Waals surface area contributed by atoms with Gasteiger partial charge in [0.25, 0.3) is 0 Å². The van der Waals surface area contributed by atoms with Gasteiger partial charge in [-0.25, -0.2) is 0 Å². The summed E-state index contributed by atoms with van der Waals surface area (Å²) in [5, 5.41) is 0. The molecule has 5 nitrogen and oxygen atoms in total. The molecule has 0 amide bonds. The Bertz CT molecular complexity index is 913. The van der Waals surface area contributed by atoms with Gasteiger partial charge in [-0.15, -0.1) is 0 Å². The SMILES string of the molecule is CCCCCC(CCCN(C)CCc1ccc(OC)c(OC)c1)(c1ccc(OC)c(OC)c1)C(C)C. The van der Waals surface area contributed by atoms with Gasteiger partial charge < -0.3 is 23.8 Å². The molecule has 0 bridgehead atoms. The first-order valence-corrected chi connectivity index (χ1v) is 13.5. The van der Waals surface area contributed by atoms with Gasteiger partial charge in [0.2, 0.25) is 0 Å². The quantitative estimate of drug-likeness (QED) is 0.216. The van der Waals surface area contributed by atoms with Gasteiger partial charge in [-0.3, -0.25) is 0 Å². The lowest BCUT2D eigenvalue weighted by atomic mass is 9.65. The number of methoxy groups -OCH3 is 4. The van der Waals surface area contributed by atoms with Crippen molar-refractivity contribution in [1.29, 1.82) is 0 Å². The molecule has 0 saturated heterocycles. The summed E-state index contributed by atoms with van der Waals surface area (Å²) in [6, 6.07) is 12.7. The molecule has 0 spiro atoms. The predicted octanol–water partition coefficient (Wildman–Crippen LogP) is 7.15. The third-order valence-electron chi connectivity index (χ3n) is 7.68. The Morgan fingerprint density at radius 3 is 1.89 bits per heavy atom. The molecular weight excluding hydrogens is 450 g/mol. The Balaban J connectivity index is 2.10. The first-order chi connectivity index (χ1) is 17.3. The predicted molar refractivity (Wildman–Crippen MR) is 150 cm³/mol. The van der Waals surface area contributed by atoms with Crippen molar-refractivity contribution in [3.8, 4) is 23.0 Å². The van der Waals surface area contributed by atoms with E-state index in [0.29, 0.717) is 5.92 Å². The number of likely N-dealkylation sites (N-methyl/N-ethyl adjacent to an activating group) is 1. The molecule has 0 saturated carbocycles. The van der Waals surface area contributed by atoms with Crippen molar-refractivity contribution in [1.82, 2.24) is 4.90 Å². The molecule has 1 atom stereocenters. The fourth-order valence-corrected chi connectivity index (χ4v) is 5.29. The molecule has 2 rings (SSSR count). The number of unbranched alkanes of at least 4 members (excludes halogenated alkanes) is 2. The molecule has 36 heavy (non-hydrogen) atoms. The summed E-state index contributed by atoms with van der Waals surface area (Å²) >= 11 is 0. The fraction of sp³-hybridized carbons (Fsp3) is 0.613. The van der Waals surface area contributed by atoms with Crippen LogP contribution >= 0.6 is 0 Å². The molecule has 0 aliphatic carbocycles. The van der Waals surface area contributed by atoms with Gasteiger partial charge in [-0.05, 0) is 86.0 Å². The summed E-state index contributed by atoms with van der Waals surface area (Å²) in [5.74, 6) is 3.72. The largest absolute Gasteiger partial charge is 0.493 e. The van der Waals surface area contributed by atoms with Crippen LogP contribution in [0.3, 0.4) is 0 Å². The molecule has 0 aromatic heterocycles. The smallest absolute Gasteiger partial charge is 0.161 e. The van der Waals surface area contributed by atoms with Crippen molar-refractivity contribution in [3.05, 3.63) is 47.5 Å². The third-order valence-corrected chi connectivity index (χ3v) is 7.68. The van der Waals surface area contributed by atoms with E-state index in [1.54, 1.807) is 28.4 Å². The highest BCUT2D eigenvalue weighted by Gasteiger charge is 2.35. The van der Waals surface area contributed by atoms with Gasteiger partial charge in [-0.1, -0.05) is 52.2 Å². The molecule has 0 aliphatic rings. The van der Waals surface area contributed by atoms with E-state index in [1.165, 1.54) is 36.8 Å². The topological polar surface area (TPSA) is 40.2 Å². The van der Waals surface area contributed by atoms with Gasteiger partial charge in [0.05, 0.1) is 28.4 Å². The standard InChI is InChI=1S/C31H49NO4/c1-9-10-11-18-31(24(2)3,26-14-16-28(34-6)30(23-26)36-8)19-12-20-32(4)21-17-25-13-15-27(33-5)29(22-25)35-7/h13-16,22-24H,9-12,17-21H2,1-8H3. The van der Waals surface area contributed by atoms with E-state index in [2.05, 4.69) is 63.1 Å². The van der Waals surface area contributed by atoms with Crippen LogP contribution < -0.4 is 18.9 Å². The van der Waals surface area contributed by atoms with E-state index >= 15 is 0 Å². The van der Waals surface area contributed by atoms with Crippen LogP contribution in [0.2, 0.25) is 0 Å². The average molecular weight is 500 g/mol. The summed E-state index contributed by atoms with van der Waals surface area (Å²) in [5.41, 5.74) is 2.76. The normalized spacial score (nSPS) is 13.1. The van der Waals surface area contributed by atoms with Crippen molar-refractivity contribution in [3.63, 3.8) is 0 Å². The highest BCUT2D eigenvalue weighted by Crippen LogP contribution is 2.44. The molecule has 2 aromatic carbocycles. The Morgan fingerprint density at radius 2 is 1.31 bits per heavy atom. The second-order valence-electron chi connectivity index (χ2n) is 10.2. The second-order valence-corrected chi connectivity index (χ2v) is 10.2. The van der Waals surface area contributed by atoms with E-state index in [9.17, 15) is 0 Å². The Morgan fingerprint density at radius 1 is 0.722 bits per heavy atom. The zero-order valence-corrected chi connectivity index (χ0v) is 24.0. The summed E-state index contributed by atoms with van der Waals surface area (Å²) in [6.07, 6.45) is 8.25. The number of nitrogens with zero attached hydrogens (tertiary/aromatic N) is 1. The molecule has 202 valence electrons. The summed E-state index contributed by atoms with van der Waals surface area (Å²) < 4.78 is 22.0. The number of benzene rings is 2. The maximum Gasteiger partial charge on any atom is 0.161 e. The summed E-state index contributed by atoms with van der Waals surface area (Å²) in [6.45, 7) is 9.12. The highest BCUT2D eigenvalue weighted by molar-refractivity contribution is 5.45. The lowest BCUT2D eigenvalue weighted by molar-refractivity contribution is 0.229. The van der Waals surface area contributed by atoms with Crippen molar-refractivity contribution in [2.45, 2.75) is 71.1 Å². The number of ether oxygens (including phenoxy) is 4. The maximum atomic E-state index is 5.68. The molecule has 0 radical (unpaired) electrons.